The molecule has 1 saturated heterocycles. The smallest absolute Gasteiger partial charge is 0.300 e. The van der Waals surface area contributed by atoms with Crippen LogP contribution in [0.2, 0.25) is 0 Å². The maximum Gasteiger partial charge on any atom is 0.300 e. The van der Waals surface area contributed by atoms with Crippen molar-refractivity contribution in [3.63, 3.8) is 0 Å². The third-order valence-corrected chi connectivity index (χ3v) is 5.58. The van der Waals surface area contributed by atoms with Crippen LogP contribution in [0.1, 0.15) is 29.7 Å². The van der Waals surface area contributed by atoms with E-state index in [0.29, 0.717) is 40.5 Å². The van der Waals surface area contributed by atoms with Gasteiger partial charge in [0, 0.05) is 23.6 Å². The monoisotopic (exact) mass is 444 g/mol. The van der Waals surface area contributed by atoms with Gasteiger partial charge in [0.2, 0.25) is 0 Å². The van der Waals surface area contributed by atoms with Gasteiger partial charge in [0.25, 0.3) is 11.7 Å². The Bertz CT molecular complexity index is 1220. The number of ether oxygens (including phenoxy) is 2. The van der Waals surface area contributed by atoms with E-state index in [9.17, 15) is 14.7 Å². The van der Waals surface area contributed by atoms with Crippen molar-refractivity contribution in [1.82, 2.24) is 4.98 Å². The molecule has 1 aromatic heterocycles. The van der Waals surface area contributed by atoms with Gasteiger partial charge in [0.1, 0.15) is 17.3 Å². The van der Waals surface area contributed by atoms with Crippen LogP contribution in [0.3, 0.4) is 0 Å². The van der Waals surface area contributed by atoms with Crippen molar-refractivity contribution < 1.29 is 24.2 Å². The van der Waals surface area contributed by atoms with E-state index >= 15 is 0 Å². The molecule has 0 bridgehead atoms. The first kappa shape index (κ1) is 22.1. The van der Waals surface area contributed by atoms with Crippen LogP contribution < -0.4 is 14.4 Å². The van der Waals surface area contributed by atoms with Crippen molar-refractivity contribution in [3.05, 3.63) is 89.3 Å². The van der Waals surface area contributed by atoms with E-state index in [4.69, 9.17) is 9.47 Å². The van der Waals surface area contributed by atoms with E-state index in [1.54, 1.807) is 74.1 Å². The summed E-state index contributed by atoms with van der Waals surface area (Å²) in [6.45, 7) is 4.21. The van der Waals surface area contributed by atoms with Gasteiger partial charge in [-0.25, -0.2) is 0 Å². The first-order valence-corrected chi connectivity index (χ1v) is 10.5. The van der Waals surface area contributed by atoms with Crippen molar-refractivity contribution >= 4 is 23.1 Å². The number of carbonyl (C=O) groups excluding carboxylic acids is 2. The Morgan fingerprint density at radius 2 is 1.70 bits per heavy atom. The Hall–Kier alpha value is -4.13. The Morgan fingerprint density at radius 3 is 2.30 bits per heavy atom. The molecule has 168 valence electrons. The first-order valence-electron chi connectivity index (χ1n) is 10.5. The highest BCUT2D eigenvalue weighted by Crippen LogP contribution is 2.42. The summed E-state index contributed by atoms with van der Waals surface area (Å²) < 4.78 is 10.7. The molecule has 33 heavy (non-hydrogen) atoms. The summed E-state index contributed by atoms with van der Waals surface area (Å²) in [4.78, 5) is 31.9. The zero-order valence-electron chi connectivity index (χ0n) is 18.6. The molecule has 1 atom stereocenters. The Morgan fingerprint density at radius 1 is 1.03 bits per heavy atom. The number of pyridine rings is 1. The number of aryl methyl sites for hydroxylation is 1. The van der Waals surface area contributed by atoms with Gasteiger partial charge in [-0.15, -0.1) is 0 Å². The van der Waals surface area contributed by atoms with Crippen LogP contribution in [0, 0.1) is 6.92 Å². The van der Waals surface area contributed by atoms with Crippen LogP contribution in [0.15, 0.2) is 72.6 Å². The van der Waals surface area contributed by atoms with E-state index in [1.807, 2.05) is 13.8 Å². The summed E-state index contributed by atoms with van der Waals surface area (Å²) in [5, 5.41) is 11.3. The summed E-state index contributed by atoms with van der Waals surface area (Å²) in [6, 6.07) is 14.7. The second kappa shape index (κ2) is 9.16. The molecule has 3 aromatic rings. The van der Waals surface area contributed by atoms with Crippen LogP contribution in [0.25, 0.3) is 5.76 Å². The molecule has 0 saturated carbocycles. The molecule has 1 aliphatic rings. The van der Waals surface area contributed by atoms with Crippen molar-refractivity contribution in [2.45, 2.75) is 19.9 Å². The average Bonchev–Trinajstić information content (AvgIpc) is 3.10. The van der Waals surface area contributed by atoms with E-state index < -0.39 is 17.7 Å². The standard InChI is InChI=1S/C26H24N2O5/c1-4-33-19-7-5-18(6-8-19)28-23(17-11-13-27-14-12-17)22(25(30)26(28)31)24(29)21-10-9-20(32-3)15-16(21)2/h5-15,23,29H,4H2,1-3H3/b24-22-. The highest BCUT2D eigenvalue weighted by Gasteiger charge is 2.47. The van der Waals surface area contributed by atoms with Crippen LogP contribution in [0.4, 0.5) is 5.69 Å². The molecular weight excluding hydrogens is 420 g/mol. The van der Waals surface area contributed by atoms with E-state index in [2.05, 4.69) is 4.98 Å². The van der Waals surface area contributed by atoms with Gasteiger partial charge in [-0.3, -0.25) is 19.5 Å². The number of ketones is 1. The van der Waals surface area contributed by atoms with Gasteiger partial charge in [0.05, 0.1) is 25.3 Å². The number of benzene rings is 2. The SMILES string of the molecule is CCOc1ccc(N2C(=O)C(=O)/C(=C(\O)c3ccc(OC)cc3C)C2c2ccncc2)cc1. The maximum absolute atomic E-state index is 13.2. The zero-order chi connectivity index (χ0) is 23.5. The minimum absolute atomic E-state index is 0.0216. The van der Waals surface area contributed by atoms with Gasteiger partial charge < -0.3 is 14.6 Å². The Kier molecular flexibility index (Phi) is 6.13. The summed E-state index contributed by atoms with van der Waals surface area (Å²) in [5.41, 5.74) is 2.37. The molecule has 2 heterocycles. The Labute approximate surface area is 191 Å². The van der Waals surface area contributed by atoms with Crippen LogP contribution in [0.5, 0.6) is 11.5 Å². The van der Waals surface area contributed by atoms with Crippen molar-refractivity contribution in [2.24, 2.45) is 0 Å². The average molecular weight is 444 g/mol. The number of aliphatic hydroxyl groups excluding tert-OH is 1. The molecule has 7 heteroatoms. The molecule has 1 N–H and O–H groups in total. The topological polar surface area (TPSA) is 89.0 Å². The van der Waals surface area contributed by atoms with Crippen LogP contribution in [-0.2, 0) is 9.59 Å². The minimum Gasteiger partial charge on any atom is -0.507 e. The molecule has 2 aromatic carbocycles. The molecule has 4 rings (SSSR count). The van der Waals surface area contributed by atoms with E-state index in [1.165, 1.54) is 4.90 Å². The largest absolute Gasteiger partial charge is 0.507 e. The fraction of sp³-hybridized carbons (Fsp3) is 0.192. The Balaban J connectivity index is 1.88. The predicted molar refractivity (Wildman–Crippen MR) is 124 cm³/mol. The van der Waals surface area contributed by atoms with Crippen LogP contribution in [-0.4, -0.2) is 35.5 Å². The lowest BCUT2D eigenvalue weighted by molar-refractivity contribution is -0.132. The molecule has 0 aliphatic carbocycles. The number of aromatic nitrogens is 1. The number of hydrogen-bond donors (Lipinski definition) is 1. The number of amides is 1. The van der Waals surface area contributed by atoms with Crippen molar-refractivity contribution in [1.29, 1.82) is 0 Å². The van der Waals surface area contributed by atoms with E-state index in [-0.39, 0.29) is 11.3 Å². The molecule has 0 radical (unpaired) electrons. The summed E-state index contributed by atoms with van der Waals surface area (Å²) >= 11 is 0. The van der Waals surface area contributed by atoms with E-state index in [0.717, 1.165) is 0 Å². The number of aliphatic hydroxyl groups is 1. The summed E-state index contributed by atoms with van der Waals surface area (Å²) in [7, 11) is 1.56. The van der Waals surface area contributed by atoms with Crippen molar-refractivity contribution in [2.75, 3.05) is 18.6 Å². The normalized spacial score (nSPS) is 17.3. The molecule has 1 unspecified atom stereocenters. The number of Topliss-reactive ketones (excluding diaryl/α,β-unsaturated/α-hetero) is 1. The van der Waals surface area contributed by atoms with Gasteiger partial charge in [0.15, 0.2) is 0 Å². The highest BCUT2D eigenvalue weighted by molar-refractivity contribution is 6.51. The molecular formula is C26H24N2O5. The summed E-state index contributed by atoms with van der Waals surface area (Å²) in [6.07, 6.45) is 3.18. The fourth-order valence-corrected chi connectivity index (χ4v) is 4.00. The lowest BCUT2D eigenvalue weighted by atomic mass is 9.94. The molecule has 0 spiro atoms. The molecule has 1 amide bonds. The number of methoxy groups -OCH3 is 1. The predicted octanol–water partition coefficient (Wildman–Crippen LogP) is 4.42. The second-order valence-electron chi connectivity index (χ2n) is 7.56. The zero-order valence-corrected chi connectivity index (χ0v) is 18.6. The maximum atomic E-state index is 13.2. The lowest BCUT2D eigenvalue weighted by Crippen LogP contribution is -2.29. The van der Waals surface area contributed by atoms with Crippen LogP contribution >= 0.6 is 0 Å². The number of rotatable bonds is 6. The van der Waals surface area contributed by atoms with Gasteiger partial charge in [-0.05, 0) is 79.6 Å². The lowest BCUT2D eigenvalue weighted by Gasteiger charge is -2.25. The number of carbonyl (C=O) groups is 2. The van der Waals surface area contributed by atoms with Gasteiger partial charge >= 0.3 is 0 Å². The molecule has 1 fully saturated rings. The first-order chi connectivity index (χ1) is 16.0. The third-order valence-electron chi connectivity index (χ3n) is 5.58. The van der Waals surface area contributed by atoms with Crippen molar-refractivity contribution in [3.8, 4) is 11.5 Å². The number of anilines is 1. The quantitative estimate of drug-likeness (QED) is 0.344. The molecule has 1 aliphatic heterocycles. The number of hydrogen-bond acceptors (Lipinski definition) is 6. The minimum atomic E-state index is -0.813. The number of nitrogens with zero attached hydrogens (tertiary/aromatic N) is 2. The van der Waals surface area contributed by atoms with Gasteiger partial charge in [-0.2, -0.15) is 0 Å². The third kappa shape index (κ3) is 4.05. The summed E-state index contributed by atoms with van der Waals surface area (Å²) in [5.74, 6) is -0.410. The van der Waals surface area contributed by atoms with Gasteiger partial charge in [-0.1, -0.05) is 0 Å². The highest BCUT2D eigenvalue weighted by atomic mass is 16.5. The second-order valence-corrected chi connectivity index (χ2v) is 7.56. The fourth-order valence-electron chi connectivity index (χ4n) is 4.00. The molecule has 7 nitrogen and oxygen atoms in total.